The molecule has 0 aromatic carbocycles. The Hall–Kier alpha value is -2.58. The highest BCUT2D eigenvalue weighted by molar-refractivity contribution is 7.47. The van der Waals surface area contributed by atoms with Gasteiger partial charge >= 0.3 is 7.82 Å². The number of carbonyl (C=O) groups is 1. The van der Waals surface area contributed by atoms with Crippen LogP contribution in [0.3, 0.4) is 0 Å². The van der Waals surface area contributed by atoms with Gasteiger partial charge in [0.15, 0.2) is 0 Å². The number of hydrogen-bond acceptors (Lipinski definition) is 5. The van der Waals surface area contributed by atoms with Crippen LogP contribution in [-0.4, -0.2) is 73.4 Å². The van der Waals surface area contributed by atoms with E-state index in [2.05, 4.69) is 92.1 Å². The van der Waals surface area contributed by atoms with Crippen LogP contribution in [0.25, 0.3) is 0 Å². The van der Waals surface area contributed by atoms with Crippen molar-refractivity contribution in [1.82, 2.24) is 5.32 Å². The van der Waals surface area contributed by atoms with Crippen LogP contribution in [0.15, 0.2) is 97.2 Å². The zero-order valence-electron chi connectivity index (χ0n) is 43.9. The van der Waals surface area contributed by atoms with E-state index >= 15 is 0 Å². The molecule has 3 unspecified atom stereocenters. The standard InChI is InChI=1S/C58H103N2O6P/c1-6-8-10-12-14-16-18-20-22-24-26-27-28-29-30-31-32-34-35-37-39-41-43-45-47-49-51-57(61)56(55-66-67(63,64)65-54-53-60(3,4)5)59-58(62)52-50-48-46-44-42-40-38-36-33-25-23-21-19-17-15-13-11-9-7-2/h9,11,15,17,21,23,33,36,40-43,46,48-49,51,56-57,61H,6-8,10,12-14,16,18-20,22,24-32,34-35,37-39,44-45,47,50,52-55H2,1-5H3,(H-,59,62,63,64)/p+1/b11-9-,17-15-,23-21-,36-33-,42-40-,43-41+,48-46-,51-49+. The Morgan fingerprint density at radius 3 is 1.36 bits per heavy atom. The number of nitrogens with zero attached hydrogens (tertiary/aromatic N) is 1. The van der Waals surface area contributed by atoms with E-state index in [1.165, 1.54) is 128 Å². The lowest BCUT2D eigenvalue weighted by atomic mass is 10.0. The van der Waals surface area contributed by atoms with Crippen LogP contribution < -0.4 is 5.32 Å². The third kappa shape index (κ3) is 51.1. The summed E-state index contributed by atoms with van der Waals surface area (Å²) in [4.78, 5) is 23.2. The number of carbonyl (C=O) groups excluding carboxylic acids is 1. The molecule has 0 rings (SSSR count). The van der Waals surface area contributed by atoms with E-state index in [9.17, 15) is 19.4 Å². The van der Waals surface area contributed by atoms with Gasteiger partial charge in [0, 0.05) is 6.42 Å². The maximum Gasteiger partial charge on any atom is 0.472 e. The number of aliphatic hydroxyl groups excluding tert-OH is 1. The van der Waals surface area contributed by atoms with Crippen LogP contribution >= 0.6 is 7.82 Å². The maximum absolute atomic E-state index is 12.9. The Balaban J connectivity index is 4.41. The van der Waals surface area contributed by atoms with Crippen molar-refractivity contribution in [2.75, 3.05) is 40.9 Å². The van der Waals surface area contributed by atoms with Crippen LogP contribution in [0.1, 0.15) is 213 Å². The van der Waals surface area contributed by atoms with E-state index in [0.717, 1.165) is 57.8 Å². The highest BCUT2D eigenvalue weighted by Crippen LogP contribution is 2.43. The Morgan fingerprint density at radius 1 is 0.522 bits per heavy atom. The number of allylic oxidation sites excluding steroid dienone is 15. The number of likely N-dealkylation sites (N-methyl/N-ethyl adjacent to an activating group) is 1. The summed E-state index contributed by atoms with van der Waals surface area (Å²) in [5, 5.41) is 13.8. The number of hydrogen-bond donors (Lipinski definition) is 3. The third-order valence-corrected chi connectivity index (χ3v) is 12.5. The largest absolute Gasteiger partial charge is 0.472 e. The Morgan fingerprint density at radius 2 is 0.910 bits per heavy atom. The van der Waals surface area contributed by atoms with Gasteiger partial charge in [-0.25, -0.2) is 4.57 Å². The number of phosphoric acid groups is 1. The summed E-state index contributed by atoms with van der Waals surface area (Å²) in [7, 11) is 1.50. The highest BCUT2D eigenvalue weighted by Gasteiger charge is 2.27. The maximum atomic E-state index is 12.9. The molecule has 0 radical (unpaired) electrons. The topological polar surface area (TPSA) is 105 Å². The number of unbranched alkanes of at least 4 members (excludes halogenated alkanes) is 21. The van der Waals surface area contributed by atoms with Gasteiger partial charge in [0.1, 0.15) is 13.2 Å². The van der Waals surface area contributed by atoms with Crippen molar-refractivity contribution in [3.8, 4) is 0 Å². The minimum Gasteiger partial charge on any atom is -0.387 e. The smallest absolute Gasteiger partial charge is 0.387 e. The highest BCUT2D eigenvalue weighted by atomic mass is 31.2. The third-order valence-electron chi connectivity index (χ3n) is 11.6. The number of amides is 1. The summed E-state index contributed by atoms with van der Waals surface area (Å²) >= 11 is 0. The summed E-state index contributed by atoms with van der Waals surface area (Å²) in [6.45, 7) is 4.62. The molecule has 0 aromatic heterocycles. The van der Waals surface area contributed by atoms with Gasteiger partial charge in [0.2, 0.25) is 5.91 Å². The van der Waals surface area contributed by atoms with E-state index in [-0.39, 0.29) is 25.5 Å². The second kappa shape index (κ2) is 48.4. The lowest BCUT2D eigenvalue weighted by molar-refractivity contribution is -0.870. The molecule has 0 heterocycles. The predicted octanol–water partition coefficient (Wildman–Crippen LogP) is 16.3. The summed E-state index contributed by atoms with van der Waals surface area (Å²) in [6, 6.07) is -0.911. The van der Waals surface area contributed by atoms with Gasteiger partial charge in [-0.1, -0.05) is 233 Å². The minimum absolute atomic E-state index is 0.0375. The second-order valence-electron chi connectivity index (χ2n) is 19.2. The molecule has 0 aromatic rings. The number of phosphoric ester groups is 1. The van der Waals surface area contributed by atoms with Crippen molar-refractivity contribution in [2.24, 2.45) is 0 Å². The van der Waals surface area contributed by atoms with Crippen molar-refractivity contribution in [3.05, 3.63) is 97.2 Å². The first kappa shape index (κ1) is 64.4. The second-order valence-corrected chi connectivity index (χ2v) is 20.7. The Labute approximate surface area is 413 Å². The van der Waals surface area contributed by atoms with Crippen LogP contribution in [0.4, 0.5) is 0 Å². The molecule has 0 aliphatic carbocycles. The number of rotatable bonds is 48. The quantitative estimate of drug-likeness (QED) is 0.0243. The molecule has 9 heteroatoms. The molecule has 0 aliphatic rings. The predicted molar refractivity (Wildman–Crippen MR) is 290 cm³/mol. The summed E-state index contributed by atoms with van der Waals surface area (Å²) in [6.07, 6.45) is 69.6. The van der Waals surface area contributed by atoms with Crippen molar-refractivity contribution in [3.63, 3.8) is 0 Å². The van der Waals surface area contributed by atoms with E-state index < -0.39 is 20.0 Å². The Bertz CT molecular complexity index is 1410. The molecule has 0 spiro atoms. The van der Waals surface area contributed by atoms with Crippen molar-refractivity contribution < 1.29 is 32.9 Å². The van der Waals surface area contributed by atoms with Crippen LogP contribution in [0.2, 0.25) is 0 Å². The molecule has 0 saturated carbocycles. The summed E-state index contributed by atoms with van der Waals surface area (Å²) in [5.74, 6) is -0.271. The van der Waals surface area contributed by atoms with Crippen molar-refractivity contribution >= 4 is 13.7 Å². The summed E-state index contributed by atoms with van der Waals surface area (Å²) < 4.78 is 23.6. The molecule has 0 fully saturated rings. The number of aliphatic hydroxyl groups is 1. The zero-order chi connectivity index (χ0) is 49.2. The monoisotopic (exact) mass is 956 g/mol. The Kier molecular flexibility index (Phi) is 46.6. The molecule has 0 bridgehead atoms. The lowest BCUT2D eigenvalue weighted by Gasteiger charge is -2.25. The molecule has 0 saturated heterocycles. The molecule has 8 nitrogen and oxygen atoms in total. The summed E-state index contributed by atoms with van der Waals surface area (Å²) in [5.41, 5.74) is 0. The molecule has 386 valence electrons. The van der Waals surface area contributed by atoms with Crippen molar-refractivity contribution in [1.29, 1.82) is 0 Å². The van der Waals surface area contributed by atoms with Gasteiger partial charge in [-0.05, 0) is 70.6 Å². The first-order valence-corrected chi connectivity index (χ1v) is 28.6. The van der Waals surface area contributed by atoms with Gasteiger partial charge in [0.05, 0.1) is 39.9 Å². The van der Waals surface area contributed by atoms with Gasteiger partial charge in [-0.3, -0.25) is 13.8 Å². The SMILES string of the molecule is CC/C=C\C/C=C\C/C=C\C/C=C\C/C=C\C/C=C\CCC(=O)NC(COP(=O)(O)OCC[N+](C)(C)C)C(O)/C=C/CC/C=C/CCCCCCCCCCCCCCCCCCCCCC. The normalized spacial score (nSPS) is 14.8. The van der Waals surface area contributed by atoms with Gasteiger partial charge in [0.25, 0.3) is 0 Å². The molecular weight excluding hydrogens is 852 g/mol. The van der Waals surface area contributed by atoms with E-state index in [0.29, 0.717) is 17.4 Å². The van der Waals surface area contributed by atoms with E-state index in [1.807, 2.05) is 39.4 Å². The molecule has 3 N–H and O–H groups in total. The van der Waals surface area contributed by atoms with Crippen LogP contribution in [0.5, 0.6) is 0 Å². The fourth-order valence-corrected chi connectivity index (χ4v) is 8.05. The van der Waals surface area contributed by atoms with Crippen molar-refractivity contribution in [2.45, 2.75) is 225 Å². The average Bonchev–Trinajstić information content (AvgIpc) is 3.29. The van der Waals surface area contributed by atoms with Crippen LogP contribution in [0, 0.1) is 0 Å². The molecular formula is C58H104N2O6P+. The molecule has 3 atom stereocenters. The van der Waals surface area contributed by atoms with Crippen LogP contribution in [-0.2, 0) is 18.4 Å². The van der Waals surface area contributed by atoms with Gasteiger partial charge in [-0.15, -0.1) is 0 Å². The first-order valence-electron chi connectivity index (χ1n) is 27.1. The average molecular weight is 956 g/mol. The fourth-order valence-electron chi connectivity index (χ4n) is 7.32. The van der Waals surface area contributed by atoms with Gasteiger partial charge in [-0.2, -0.15) is 0 Å². The number of quaternary nitrogens is 1. The fraction of sp³-hybridized carbons (Fsp3) is 0.707. The number of nitrogens with one attached hydrogen (secondary N) is 1. The van der Waals surface area contributed by atoms with Gasteiger partial charge < -0.3 is 19.8 Å². The first-order chi connectivity index (χ1) is 32.5. The molecule has 0 aliphatic heterocycles. The zero-order valence-corrected chi connectivity index (χ0v) is 44.8. The van der Waals surface area contributed by atoms with E-state index in [4.69, 9.17) is 9.05 Å². The minimum atomic E-state index is -4.38. The molecule has 67 heavy (non-hydrogen) atoms. The molecule has 1 amide bonds. The van der Waals surface area contributed by atoms with E-state index in [1.54, 1.807) is 6.08 Å². The lowest BCUT2D eigenvalue weighted by Crippen LogP contribution is -2.45.